The number of rotatable bonds is 5. The number of ether oxygens (including phenoxy) is 1. The van der Waals surface area contributed by atoms with Gasteiger partial charge in [0.25, 0.3) is 0 Å². The Kier molecular flexibility index (Phi) is 4.61. The second-order valence-corrected chi connectivity index (χ2v) is 4.77. The van der Waals surface area contributed by atoms with Gasteiger partial charge in [-0.05, 0) is 25.8 Å². The molecule has 0 aromatic carbocycles. The number of aromatic nitrogens is 1. The molecule has 1 rings (SSSR count). The number of anilines is 1. The van der Waals surface area contributed by atoms with E-state index in [4.69, 9.17) is 10.5 Å². The maximum absolute atomic E-state index is 11.9. The van der Waals surface area contributed by atoms with E-state index < -0.39 is 0 Å². The lowest BCUT2D eigenvalue weighted by atomic mass is 10.1. The van der Waals surface area contributed by atoms with Gasteiger partial charge >= 0.3 is 5.97 Å². The van der Waals surface area contributed by atoms with Crippen molar-refractivity contribution in [2.75, 3.05) is 12.3 Å². The predicted molar refractivity (Wildman–Crippen MR) is 69.0 cm³/mol. The van der Waals surface area contributed by atoms with Crippen molar-refractivity contribution in [1.29, 1.82) is 0 Å². The van der Waals surface area contributed by atoms with Gasteiger partial charge in [0.15, 0.2) is 0 Å². The van der Waals surface area contributed by atoms with Crippen LogP contribution in [0.3, 0.4) is 0 Å². The average molecular weight is 238 g/mol. The van der Waals surface area contributed by atoms with E-state index in [1.807, 2.05) is 18.4 Å². The molecule has 0 saturated carbocycles. The van der Waals surface area contributed by atoms with Gasteiger partial charge in [0.1, 0.15) is 5.69 Å². The van der Waals surface area contributed by atoms with Crippen molar-refractivity contribution >= 4 is 11.7 Å². The summed E-state index contributed by atoms with van der Waals surface area (Å²) >= 11 is 0. The van der Waals surface area contributed by atoms with E-state index in [1.165, 1.54) is 0 Å². The van der Waals surface area contributed by atoms with Crippen molar-refractivity contribution in [2.24, 2.45) is 5.92 Å². The fourth-order valence-corrected chi connectivity index (χ4v) is 1.50. The second kappa shape index (κ2) is 5.75. The summed E-state index contributed by atoms with van der Waals surface area (Å²) in [5, 5.41) is 0. The van der Waals surface area contributed by atoms with Crippen molar-refractivity contribution in [3.05, 3.63) is 18.0 Å². The lowest BCUT2D eigenvalue weighted by molar-refractivity contribution is 0.0433. The predicted octanol–water partition coefficient (Wildman–Crippen LogP) is 2.85. The Morgan fingerprint density at radius 1 is 1.47 bits per heavy atom. The molecule has 0 saturated heterocycles. The standard InChI is InChI=1S/C13H22N2O2/c1-5-10(4)8-17-13(16)12-6-11(14)7-15(12)9(2)3/h6-7,9-10H,5,8,14H2,1-4H3. The van der Waals surface area contributed by atoms with Crippen LogP contribution in [-0.2, 0) is 4.74 Å². The van der Waals surface area contributed by atoms with Gasteiger partial charge in [0, 0.05) is 12.2 Å². The minimum absolute atomic E-state index is 0.193. The van der Waals surface area contributed by atoms with Crippen LogP contribution in [0.15, 0.2) is 12.3 Å². The lowest BCUT2D eigenvalue weighted by Crippen LogP contribution is -2.16. The summed E-state index contributed by atoms with van der Waals surface area (Å²) in [7, 11) is 0. The summed E-state index contributed by atoms with van der Waals surface area (Å²) in [5.74, 6) is 0.0921. The summed E-state index contributed by atoms with van der Waals surface area (Å²) in [6.45, 7) is 8.60. The number of carbonyl (C=O) groups is 1. The van der Waals surface area contributed by atoms with Crippen LogP contribution in [0.5, 0.6) is 0 Å². The number of nitrogen functional groups attached to an aromatic ring is 1. The molecule has 0 fully saturated rings. The van der Waals surface area contributed by atoms with Crippen LogP contribution in [-0.4, -0.2) is 17.1 Å². The van der Waals surface area contributed by atoms with Crippen LogP contribution >= 0.6 is 0 Å². The SMILES string of the molecule is CCC(C)COC(=O)c1cc(N)cn1C(C)C. The maximum atomic E-state index is 11.9. The molecular formula is C13H22N2O2. The highest BCUT2D eigenvalue weighted by atomic mass is 16.5. The largest absolute Gasteiger partial charge is 0.461 e. The van der Waals surface area contributed by atoms with Crippen LogP contribution in [0.4, 0.5) is 5.69 Å². The number of esters is 1. The number of hydrogen-bond donors (Lipinski definition) is 1. The maximum Gasteiger partial charge on any atom is 0.355 e. The zero-order chi connectivity index (χ0) is 13.0. The Balaban J connectivity index is 2.74. The van der Waals surface area contributed by atoms with Crippen LogP contribution < -0.4 is 5.73 Å². The molecule has 0 aliphatic rings. The fourth-order valence-electron chi connectivity index (χ4n) is 1.50. The molecule has 96 valence electrons. The highest BCUT2D eigenvalue weighted by molar-refractivity contribution is 5.89. The lowest BCUT2D eigenvalue weighted by Gasteiger charge is -2.13. The van der Waals surface area contributed by atoms with Gasteiger partial charge in [-0.2, -0.15) is 0 Å². The van der Waals surface area contributed by atoms with E-state index in [-0.39, 0.29) is 12.0 Å². The molecule has 0 aliphatic carbocycles. The van der Waals surface area contributed by atoms with Crippen LogP contribution in [0.25, 0.3) is 0 Å². The zero-order valence-electron chi connectivity index (χ0n) is 11.1. The van der Waals surface area contributed by atoms with Crippen molar-refractivity contribution in [1.82, 2.24) is 4.57 Å². The smallest absolute Gasteiger partial charge is 0.355 e. The van der Waals surface area contributed by atoms with E-state index in [1.54, 1.807) is 12.3 Å². The fraction of sp³-hybridized carbons (Fsp3) is 0.615. The zero-order valence-corrected chi connectivity index (χ0v) is 11.1. The van der Waals surface area contributed by atoms with Crippen molar-refractivity contribution < 1.29 is 9.53 Å². The molecule has 1 heterocycles. The quantitative estimate of drug-likeness (QED) is 0.802. The van der Waals surface area contributed by atoms with Gasteiger partial charge in [0.2, 0.25) is 0 Å². The topological polar surface area (TPSA) is 57.2 Å². The number of nitrogens with two attached hydrogens (primary N) is 1. The molecule has 0 bridgehead atoms. The van der Waals surface area contributed by atoms with Crippen molar-refractivity contribution in [3.63, 3.8) is 0 Å². The van der Waals surface area contributed by atoms with Gasteiger partial charge in [-0.25, -0.2) is 4.79 Å². The van der Waals surface area contributed by atoms with Gasteiger partial charge in [-0.3, -0.25) is 0 Å². The molecule has 1 aromatic heterocycles. The Bertz CT molecular complexity index is 383. The summed E-state index contributed by atoms with van der Waals surface area (Å²) in [4.78, 5) is 11.9. The molecular weight excluding hydrogens is 216 g/mol. The van der Waals surface area contributed by atoms with E-state index in [9.17, 15) is 4.79 Å². The highest BCUT2D eigenvalue weighted by Gasteiger charge is 2.16. The Morgan fingerprint density at radius 2 is 2.12 bits per heavy atom. The molecule has 0 spiro atoms. The minimum Gasteiger partial charge on any atom is -0.461 e. The van der Waals surface area contributed by atoms with Gasteiger partial charge in [-0.15, -0.1) is 0 Å². The molecule has 17 heavy (non-hydrogen) atoms. The van der Waals surface area contributed by atoms with E-state index >= 15 is 0 Å². The Hall–Kier alpha value is -1.45. The summed E-state index contributed by atoms with van der Waals surface area (Å²) in [5.41, 5.74) is 6.83. The minimum atomic E-state index is -0.296. The molecule has 1 aromatic rings. The van der Waals surface area contributed by atoms with E-state index in [2.05, 4.69) is 13.8 Å². The third kappa shape index (κ3) is 3.51. The first-order chi connectivity index (χ1) is 7.95. The summed E-state index contributed by atoms with van der Waals surface area (Å²) in [6, 6.07) is 1.86. The first-order valence-electron chi connectivity index (χ1n) is 6.10. The third-order valence-corrected chi connectivity index (χ3v) is 2.83. The average Bonchev–Trinajstić information content (AvgIpc) is 2.67. The molecule has 4 heteroatoms. The monoisotopic (exact) mass is 238 g/mol. The molecule has 0 amide bonds. The highest BCUT2D eigenvalue weighted by Crippen LogP contribution is 2.17. The van der Waals surface area contributed by atoms with E-state index in [0.717, 1.165) is 6.42 Å². The van der Waals surface area contributed by atoms with Crippen LogP contribution in [0, 0.1) is 5.92 Å². The normalized spacial score (nSPS) is 12.8. The van der Waals surface area contributed by atoms with Crippen molar-refractivity contribution in [3.8, 4) is 0 Å². The van der Waals surface area contributed by atoms with Gasteiger partial charge < -0.3 is 15.0 Å². The number of nitrogens with zero attached hydrogens (tertiary/aromatic N) is 1. The molecule has 2 N–H and O–H groups in total. The molecule has 1 atom stereocenters. The van der Waals surface area contributed by atoms with Crippen LogP contribution in [0.1, 0.15) is 50.6 Å². The molecule has 0 radical (unpaired) electrons. The van der Waals surface area contributed by atoms with Crippen LogP contribution in [0.2, 0.25) is 0 Å². The number of carbonyl (C=O) groups excluding carboxylic acids is 1. The van der Waals surface area contributed by atoms with Crippen molar-refractivity contribution in [2.45, 2.75) is 40.2 Å². The molecule has 0 aliphatic heterocycles. The summed E-state index contributed by atoms with van der Waals surface area (Å²) < 4.78 is 7.11. The first kappa shape index (κ1) is 13.6. The third-order valence-electron chi connectivity index (χ3n) is 2.83. The molecule has 1 unspecified atom stereocenters. The Morgan fingerprint density at radius 3 is 2.65 bits per heavy atom. The van der Waals surface area contributed by atoms with Gasteiger partial charge in [0.05, 0.1) is 12.3 Å². The Labute approximate surface area is 103 Å². The summed E-state index contributed by atoms with van der Waals surface area (Å²) in [6.07, 6.45) is 2.77. The van der Waals surface area contributed by atoms with E-state index in [0.29, 0.717) is 23.9 Å². The number of hydrogen-bond acceptors (Lipinski definition) is 3. The van der Waals surface area contributed by atoms with Gasteiger partial charge in [-0.1, -0.05) is 20.3 Å². The first-order valence-corrected chi connectivity index (χ1v) is 6.10. The second-order valence-electron chi connectivity index (χ2n) is 4.77. The molecule has 4 nitrogen and oxygen atoms in total.